The minimum absolute atomic E-state index is 0.277. The minimum Gasteiger partial charge on any atom is -0.271 e. The molecular formula is C13H20N2S2. The molecule has 2 rings (SSSR count). The average Bonchev–Trinajstić information content (AvgIpc) is 2.41. The topological polar surface area (TPSA) is 38.0 Å². The Morgan fingerprint density at radius 1 is 1.47 bits per heavy atom. The van der Waals surface area contributed by atoms with Gasteiger partial charge >= 0.3 is 0 Å². The first-order chi connectivity index (χ1) is 8.35. The maximum Gasteiger partial charge on any atom is 0.0586 e. The van der Waals surface area contributed by atoms with Gasteiger partial charge in [0.1, 0.15) is 0 Å². The average molecular weight is 268 g/mol. The van der Waals surface area contributed by atoms with Crippen molar-refractivity contribution < 1.29 is 0 Å². The molecule has 1 aromatic rings. The second-order valence-corrected chi connectivity index (χ2v) is 6.72. The van der Waals surface area contributed by atoms with Gasteiger partial charge in [-0.25, -0.2) is 0 Å². The maximum absolute atomic E-state index is 5.75. The van der Waals surface area contributed by atoms with Crippen molar-refractivity contribution in [1.82, 2.24) is 5.43 Å². The van der Waals surface area contributed by atoms with Gasteiger partial charge in [-0.3, -0.25) is 11.3 Å². The monoisotopic (exact) mass is 268 g/mol. The molecule has 1 aliphatic heterocycles. The van der Waals surface area contributed by atoms with Crippen molar-refractivity contribution in [2.75, 3.05) is 17.3 Å². The third-order valence-corrected chi connectivity index (χ3v) is 5.98. The van der Waals surface area contributed by atoms with Crippen molar-refractivity contribution in [3.63, 3.8) is 0 Å². The number of rotatable bonds is 4. The Hall–Kier alpha value is -0.160. The van der Waals surface area contributed by atoms with E-state index in [1.807, 2.05) is 23.5 Å². The van der Waals surface area contributed by atoms with Gasteiger partial charge in [-0.2, -0.15) is 23.5 Å². The summed E-state index contributed by atoms with van der Waals surface area (Å²) in [4.78, 5) is 0. The molecule has 17 heavy (non-hydrogen) atoms. The van der Waals surface area contributed by atoms with E-state index in [0.717, 1.165) is 6.42 Å². The van der Waals surface area contributed by atoms with Crippen LogP contribution < -0.4 is 11.3 Å². The predicted octanol–water partition coefficient (Wildman–Crippen LogP) is 2.60. The Bertz CT molecular complexity index is 351. The van der Waals surface area contributed by atoms with Gasteiger partial charge in [0.15, 0.2) is 0 Å². The Labute approximate surface area is 112 Å². The molecular weight excluding hydrogens is 248 g/mol. The molecule has 1 heterocycles. The van der Waals surface area contributed by atoms with Gasteiger partial charge in [0.05, 0.1) is 6.04 Å². The van der Waals surface area contributed by atoms with E-state index in [-0.39, 0.29) is 6.04 Å². The highest BCUT2D eigenvalue weighted by atomic mass is 32.2. The van der Waals surface area contributed by atoms with Crippen molar-refractivity contribution >= 4 is 23.5 Å². The molecule has 0 aliphatic carbocycles. The highest BCUT2D eigenvalue weighted by Crippen LogP contribution is 2.33. The second-order valence-electron chi connectivity index (χ2n) is 4.23. The van der Waals surface area contributed by atoms with Crippen LogP contribution in [0, 0.1) is 0 Å². The van der Waals surface area contributed by atoms with Crippen LogP contribution in [0.3, 0.4) is 0 Å². The molecule has 3 N–H and O–H groups in total. The van der Waals surface area contributed by atoms with Gasteiger partial charge in [-0.1, -0.05) is 31.2 Å². The summed E-state index contributed by atoms with van der Waals surface area (Å²) < 4.78 is 0. The van der Waals surface area contributed by atoms with Crippen LogP contribution in [0.4, 0.5) is 0 Å². The van der Waals surface area contributed by atoms with E-state index in [0.29, 0.717) is 5.25 Å². The lowest BCUT2D eigenvalue weighted by molar-refractivity contribution is 0.552. The largest absolute Gasteiger partial charge is 0.271 e. The van der Waals surface area contributed by atoms with Crippen LogP contribution in [0.25, 0.3) is 0 Å². The number of hydrazine groups is 1. The summed E-state index contributed by atoms with van der Waals surface area (Å²) >= 11 is 4.08. The molecule has 0 bridgehead atoms. The summed E-state index contributed by atoms with van der Waals surface area (Å²) in [5.74, 6) is 9.45. The zero-order chi connectivity index (χ0) is 12.1. The van der Waals surface area contributed by atoms with E-state index in [1.54, 1.807) is 0 Å². The van der Waals surface area contributed by atoms with Crippen LogP contribution in [0.15, 0.2) is 24.3 Å². The van der Waals surface area contributed by atoms with E-state index in [2.05, 4.69) is 36.6 Å². The molecule has 1 aromatic carbocycles. The fourth-order valence-electron chi connectivity index (χ4n) is 2.12. The number of hydrogen-bond acceptors (Lipinski definition) is 4. The molecule has 0 radical (unpaired) electrons. The smallest absolute Gasteiger partial charge is 0.0586 e. The number of nitrogens with one attached hydrogen (secondary N) is 1. The van der Waals surface area contributed by atoms with Crippen LogP contribution in [0.5, 0.6) is 0 Å². The third-order valence-electron chi connectivity index (χ3n) is 3.11. The zero-order valence-electron chi connectivity index (χ0n) is 10.2. The first-order valence-electron chi connectivity index (χ1n) is 6.09. The number of hydrogen-bond donors (Lipinski definition) is 2. The van der Waals surface area contributed by atoms with Crippen molar-refractivity contribution in [1.29, 1.82) is 0 Å². The molecule has 0 spiro atoms. The molecule has 94 valence electrons. The molecule has 2 nitrogen and oxygen atoms in total. The molecule has 0 aromatic heterocycles. The van der Waals surface area contributed by atoms with Crippen LogP contribution in [-0.2, 0) is 6.42 Å². The maximum atomic E-state index is 5.75. The fourth-order valence-corrected chi connectivity index (χ4v) is 4.98. The minimum atomic E-state index is 0.277. The SMILES string of the molecule is CCc1cccc(C(NN)C2CSCCS2)c1. The molecule has 1 fully saturated rings. The summed E-state index contributed by atoms with van der Waals surface area (Å²) in [6.45, 7) is 2.19. The normalized spacial score (nSPS) is 22.4. The lowest BCUT2D eigenvalue weighted by Crippen LogP contribution is -2.37. The number of benzene rings is 1. The fraction of sp³-hybridized carbons (Fsp3) is 0.538. The van der Waals surface area contributed by atoms with Crippen LogP contribution in [0.2, 0.25) is 0 Å². The Kier molecular flexibility index (Phi) is 5.22. The molecule has 2 atom stereocenters. The first kappa shape index (κ1) is 13.3. The first-order valence-corrected chi connectivity index (χ1v) is 8.29. The van der Waals surface area contributed by atoms with Crippen LogP contribution in [0.1, 0.15) is 24.1 Å². The van der Waals surface area contributed by atoms with Gasteiger partial charge in [-0.15, -0.1) is 0 Å². The summed E-state index contributed by atoms with van der Waals surface area (Å²) in [6.07, 6.45) is 1.08. The molecule has 4 heteroatoms. The van der Waals surface area contributed by atoms with Crippen molar-refractivity contribution in [2.45, 2.75) is 24.6 Å². The van der Waals surface area contributed by atoms with Gasteiger partial charge in [0.2, 0.25) is 0 Å². The molecule has 0 amide bonds. The zero-order valence-corrected chi connectivity index (χ0v) is 11.8. The Morgan fingerprint density at radius 3 is 3.00 bits per heavy atom. The number of thioether (sulfide) groups is 2. The van der Waals surface area contributed by atoms with Crippen molar-refractivity contribution in [3.05, 3.63) is 35.4 Å². The van der Waals surface area contributed by atoms with E-state index < -0.39 is 0 Å². The summed E-state index contributed by atoms with van der Waals surface area (Å²) in [5, 5.41) is 0.589. The molecule has 2 unspecified atom stereocenters. The van der Waals surface area contributed by atoms with Gasteiger partial charge < -0.3 is 0 Å². The number of nitrogens with two attached hydrogens (primary N) is 1. The summed E-state index contributed by atoms with van der Waals surface area (Å²) in [6, 6.07) is 9.06. The highest BCUT2D eigenvalue weighted by Gasteiger charge is 2.25. The molecule has 1 aliphatic rings. The Morgan fingerprint density at radius 2 is 2.35 bits per heavy atom. The van der Waals surface area contributed by atoms with Crippen LogP contribution >= 0.6 is 23.5 Å². The van der Waals surface area contributed by atoms with Gasteiger partial charge in [0, 0.05) is 22.5 Å². The standard InChI is InChI=1S/C13H20N2S2/c1-2-10-4-3-5-11(8-10)13(15-14)12-9-16-6-7-17-12/h3-5,8,12-13,15H,2,6-7,9,14H2,1H3. The van der Waals surface area contributed by atoms with Crippen molar-refractivity contribution in [3.8, 4) is 0 Å². The highest BCUT2D eigenvalue weighted by molar-refractivity contribution is 8.06. The van der Waals surface area contributed by atoms with E-state index in [1.165, 1.54) is 28.4 Å². The molecule has 1 saturated heterocycles. The molecule has 0 saturated carbocycles. The summed E-state index contributed by atoms with van der Waals surface area (Å²) in [7, 11) is 0. The Balaban J connectivity index is 2.15. The second kappa shape index (κ2) is 6.69. The quantitative estimate of drug-likeness (QED) is 0.650. The lowest BCUT2D eigenvalue weighted by atomic mass is 10.0. The third kappa shape index (κ3) is 3.41. The van der Waals surface area contributed by atoms with Gasteiger partial charge in [-0.05, 0) is 17.5 Å². The van der Waals surface area contributed by atoms with Gasteiger partial charge in [0.25, 0.3) is 0 Å². The summed E-state index contributed by atoms with van der Waals surface area (Å²) in [5.41, 5.74) is 5.72. The number of aryl methyl sites for hydroxylation is 1. The van der Waals surface area contributed by atoms with Crippen LogP contribution in [-0.4, -0.2) is 22.5 Å². The lowest BCUT2D eigenvalue weighted by Gasteiger charge is -2.29. The van der Waals surface area contributed by atoms with E-state index >= 15 is 0 Å². The van der Waals surface area contributed by atoms with E-state index in [4.69, 9.17) is 5.84 Å². The van der Waals surface area contributed by atoms with E-state index in [9.17, 15) is 0 Å². The van der Waals surface area contributed by atoms with Crippen molar-refractivity contribution in [2.24, 2.45) is 5.84 Å². The predicted molar refractivity (Wildman–Crippen MR) is 79.5 cm³/mol.